The van der Waals surface area contributed by atoms with Crippen LogP contribution in [-0.4, -0.2) is 23.0 Å². The molecule has 0 aliphatic heterocycles. The maximum atomic E-state index is 11.5. The van der Waals surface area contributed by atoms with E-state index in [1.165, 1.54) is 7.11 Å². The molecule has 1 N–H and O–H groups in total. The number of aromatic amines is 1. The third-order valence-electron chi connectivity index (χ3n) is 2.91. The Bertz CT molecular complexity index is 358. The zero-order chi connectivity index (χ0) is 10.3. The molecule has 4 nitrogen and oxygen atoms in total. The number of aryl methyl sites for hydroxylation is 2. The molecule has 76 valence electrons. The molecule has 0 spiro atoms. The third-order valence-corrected chi connectivity index (χ3v) is 2.91. The lowest BCUT2D eigenvalue weighted by atomic mass is 10.1. The summed E-state index contributed by atoms with van der Waals surface area (Å²) in [6.45, 7) is 3.89. The second-order valence-electron chi connectivity index (χ2n) is 3.87. The predicted molar refractivity (Wildman–Crippen MR) is 51.0 cm³/mol. The van der Waals surface area contributed by atoms with Crippen LogP contribution in [0, 0.1) is 13.8 Å². The number of carbonyl (C=O) groups is 1. The first-order chi connectivity index (χ1) is 6.60. The smallest absolute Gasteiger partial charge is 0.319 e. The van der Waals surface area contributed by atoms with Crippen LogP contribution >= 0.6 is 0 Å². The Morgan fingerprint density at radius 1 is 1.50 bits per heavy atom. The van der Waals surface area contributed by atoms with E-state index < -0.39 is 5.41 Å². The summed E-state index contributed by atoms with van der Waals surface area (Å²) < 4.78 is 4.78. The summed E-state index contributed by atoms with van der Waals surface area (Å²) in [6.07, 6.45) is 1.68. The van der Waals surface area contributed by atoms with Gasteiger partial charge in [-0.2, -0.15) is 0 Å². The van der Waals surface area contributed by atoms with Crippen molar-refractivity contribution < 1.29 is 9.53 Å². The summed E-state index contributed by atoms with van der Waals surface area (Å²) in [5.41, 5.74) is 1.51. The van der Waals surface area contributed by atoms with Gasteiger partial charge in [-0.25, -0.2) is 4.98 Å². The summed E-state index contributed by atoms with van der Waals surface area (Å²) >= 11 is 0. The van der Waals surface area contributed by atoms with E-state index in [-0.39, 0.29) is 5.97 Å². The number of hydrogen-bond acceptors (Lipinski definition) is 3. The molecule has 1 aliphatic carbocycles. The average molecular weight is 194 g/mol. The topological polar surface area (TPSA) is 55.0 Å². The molecule has 0 unspecified atom stereocenters. The number of methoxy groups -OCH3 is 1. The van der Waals surface area contributed by atoms with Crippen molar-refractivity contribution in [3.8, 4) is 0 Å². The lowest BCUT2D eigenvalue weighted by Crippen LogP contribution is -2.23. The monoisotopic (exact) mass is 194 g/mol. The molecule has 14 heavy (non-hydrogen) atoms. The molecule has 1 aliphatic rings. The highest BCUT2D eigenvalue weighted by Crippen LogP contribution is 2.47. The van der Waals surface area contributed by atoms with Gasteiger partial charge in [-0.3, -0.25) is 4.79 Å². The summed E-state index contributed by atoms with van der Waals surface area (Å²) in [5.74, 6) is 0.589. The maximum absolute atomic E-state index is 11.5. The maximum Gasteiger partial charge on any atom is 0.319 e. The van der Waals surface area contributed by atoms with Crippen LogP contribution < -0.4 is 0 Å². The van der Waals surface area contributed by atoms with Gasteiger partial charge in [0.25, 0.3) is 0 Å². The Labute approximate surface area is 82.7 Å². The standard InChI is InChI=1S/C10H14N2O2/c1-6-7(2)12-8(11-6)10(4-5-10)9(13)14-3/h4-5H2,1-3H3,(H,11,12). The number of esters is 1. The van der Waals surface area contributed by atoms with Crippen molar-refractivity contribution in [3.63, 3.8) is 0 Å². The molecule has 2 rings (SSSR count). The highest BCUT2D eigenvalue weighted by atomic mass is 16.5. The third kappa shape index (κ3) is 1.14. The first kappa shape index (κ1) is 9.24. The molecular formula is C10H14N2O2. The lowest BCUT2D eigenvalue weighted by Gasteiger charge is -2.08. The molecule has 0 radical (unpaired) electrons. The van der Waals surface area contributed by atoms with Gasteiger partial charge in [-0.15, -0.1) is 0 Å². The van der Waals surface area contributed by atoms with E-state index in [9.17, 15) is 4.79 Å². The van der Waals surface area contributed by atoms with Crippen molar-refractivity contribution in [2.45, 2.75) is 32.1 Å². The summed E-state index contributed by atoms with van der Waals surface area (Å²) in [4.78, 5) is 19.0. The fourth-order valence-corrected chi connectivity index (χ4v) is 1.63. The van der Waals surface area contributed by atoms with Crippen molar-refractivity contribution in [3.05, 3.63) is 17.2 Å². The molecule has 1 fully saturated rings. The number of nitrogens with zero attached hydrogens (tertiary/aromatic N) is 1. The Hall–Kier alpha value is -1.32. The predicted octanol–water partition coefficient (Wildman–Crippen LogP) is 1.23. The fraction of sp³-hybridized carbons (Fsp3) is 0.600. The van der Waals surface area contributed by atoms with Crippen LogP contribution in [0.3, 0.4) is 0 Å². The summed E-state index contributed by atoms with van der Waals surface area (Å²) in [6, 6.07) is 0. The molecule has 0 amide bonds. The first-order valence-electron chi connectivity index (χ1n) is 4.72. The van der Waals surface area contributed by atoms with Gasteiger partial charge in [-0.1, -0.05) is 0 Å². The number of aromatic nitrogens is 2. The Morgan fingerprint density at radius 3 is 2.50 bits per heavy atom. The van der Waals surface area contributed by atoms with Crippen LogP contribution in [0.15, 0.2) is 0 Å². The SMILES string of the molecule is COC(=O)C1(c2nc(C)c(C)[nH]2)CC1. The molecular weight excluding hydrogens is 180 g/mol. The molecule has 4 heteroatoms. The van der Waals surface area contributed by atoms with Crippen molar-refractivity contribution in [2.75, 3.05) is 7.11 Å². The van der Waals surface area contributed by atoms with E-state index >= 15 is 0 Å². The van der Waals surface area contributed by atoms with Crippen LogP contribution in [-0.2, 0) is 14.9 Å². The van der Waals surface area contributed by atoms with Gasteiger partial charge >= 0.3 is 5.97 Å². The van der Waals surface area contributed by atoms with Gasteiger partial charge in [0.05, 0.1) is 12.8 Å². The van der Waals surface area contributed by atoms with E-state index in [2.05, 4.69) is 9.97 Å². The summed E-state index contributed by atoms with van der Waals surface area (Å²) in [5, 5.41) is 0. The number of carbonyl (C=O) groups excluding carboxylic acids is 1. The highest BCUT2D eigenvalue weighted by molar-refractivity contribution is 5.85. The molecule has 0 atom stereocenters. The number of nitrogens with one attached hydrogen (secondary N) is 1. The van der Waals surface area contributed by atoms with Gasteiger partial charge < -0.3 is 9.72 Å². The number of imidazole rings is 1. The zero-order valence-electron chi connectivity index (χ0n) is 8.68. The van der Waals surface area contributed by atoms with Crippen molar-refractivity contribution in [1.29, 1.82) is 0 Å². The zero-order valence-corrected chi connectivity index (χ0v) is 8.68. The van der Waals surface area contributed by atoms with Gasteiger partial charge in [0.15, 0.2) is 0 Å². The average Bonchev–Trinajstić information content (AvgIpc) is 2.90. The van der Waals surface area contributed by atoms with E-state index in [1.54, 1.807) is 0 Å². The van der Waals surface area contributed by atoms with E-state index in [0.29, 0.717) is 0 Å². The molecule has 1 heterocycles. The molecule has 1 saturated carbocycles. The minimum Gasteiger partial charge on any atom is -0.468 e. The number of hydrogen-bond donors (Lipinski definition) is 1. The molecule has 0 aromatic carbocycles. The Balaban J connectivity index is 2.35. The molecule has 0 bridgehead atoms. The molecule has 1 aromatic heterocycles. The minimum atomic E-state index is -0.465. The van der Waals surface area contributed by atoms with E-state index in [1.807, 2.05) is 13.8 Å². The van der Waals surface area contributed by atoms with Crippen LogP contribution in [0.4, 0.5) is 0 Å². The van der Waals surface area contributed by atoms with Crippen LogP contribution in [0.2, 0.25) is 0 Å². The van der Waals surface area contributed by atoms with Crippen molar-refractivity contribution in [2.24, 2.45) is 0 Å². The lowest BCUT2D eigenvalue weighted by molar-refractivity contribution is -0.143. The number of H-pyrrole nitrogens is 1. The molecule has 1 aromatic rings. The second-order valence-corrected chi connectivity index (χ2v) is 3.87. The number of ether oxygens (including phenoxy) is 1. The normalized spacial score (nSPS) is 17.9. The van der Waals surface area contributed by atoms with Crippen molar-refractivity contribution in [1.82, 2.24) is 9.97 Å². The van der Waals surface area contributed by atoms with Gasteiger partial charge in [0.2, 0.25) is 0 Å². The second kappa shape index (κ2) is 2.83. The minimum absolute atomic E-state index is 0.175. The van der Waals surface area contributed by atoms with Crippen LogP contribution in [0.25, 0.3) is 0 Å². The van der Waals surface area contributed by atoms with Crippen LogP contribution in [0.5, 0.6) is 0 Å². The quantitative estimate of drug-likeness (QED) is 0.720. The molecule has 0 saturated heterocycles. The first-order valence-corrected chi connectivity index (χ1v) is 4.72. The van der Waals surface area contributed by atoms with Gasteiger partial charge in [0.1, 0.15) is 11.2 Å². The highest BCUT2D eigenvalue weighted by Gasteiger charge is 2.55. The van der Waals surface area contributed by atoms with E-state index in [4.69, 9.17) is 4.74 Å². The Morgan fingerprint density at radius 2 is 2.14 bits per heavy atom. The van der Waals surface area contributed by atoms with Crippen molar-refractivity contribution >= 4 is 5.97 Å². The summed E-state index contributed by atoms with van der Waals surface area (Å²) in [7, 11) is 1.42. The Kier molecular flexibility index (Phi) is 1.87. The van der Waals surface area contributed by atoms with Gasteiger partial charge in [-0.05, 0) is 26.7 Å². The van der Waals surface area contributed by atoms with Crippen LogP contribution in [0.1, 0.15) is 30.1 Å². The fourth-order valence-electron chi connectivity index (χ4n) is 1.63. The van der Waals surface area contributed by atoms with E-state index in [0.717, 1.165) is 30.1 Å². The van der Waals surface area contributed by atoms with Gasteiger partial charge in [0, 0.05) is 5.69 Å². The largest absolute Gasteiger partial charge is 0.468 e. The number of rotatable bonds is 2.